The average molecular weight is 360 g/mol. The van der Waals surface area contributed by atoms with Gasteiger partial charge in [0, 0.05) is 5.56 Å². The Morgan fingerprint density at radius 2 is 1.60 bits per heavy atom. The molecule has 5 heteroatoms. The number of benzene rings is 2. The van der Waals surface area contributed by atoms with Crippen LogP contribution in [0.5, 0.6) is 0 Å². The van der Waals surface area contributed by atoms with Crippen LogP contribution in [0.2, 0.25) is 5.02 Å². The van der Waals surface area contributed by atoms with E-state index < -0.39 is 12.1 Å². The molecule has 0 fully saturated rings. The van der Waals surface area contributed by atoms with Gasteiger partial charge in [0.1, 0.15) is 0 Å². The predicted molar refractivity (Wildman–Crippen MR) is 100 cm³/mol. The van der Waals surface area contributed by atoms with Crippen LogP contribution in [0.3, 0.4) is 0 Å². The second kappa shape index (κ2) is 7.28. The molecule has 4 nitrogen and oxygen atoms in total. The van der Waals surface area contributed by atoms with Crippen molar-refractivity contribution in [2.45, 2.75) is 39.2 Å². The first kappa shape index (κ1) is 19.0. The maximum absolute atomic E-state index is 12.5. The summed E-state index contributed by atoms with van der Waals surface area (Å²) in [6.07, 6.45) is -0.898. The summed E-state index contributed by atoms with van der Waals surface area (Å²) in [6, 6.07) is 11.8. The lowest BCUT2D eigenvalue weighted by atomic mass is 9.86. The highest BCUT2D eigenvalue weighted by molar-refractivity contribution is 6.33. The van der Waals surface area contributed by atoms with Gasteiger partial charge in [-0.2, -0.15) is 0 Å². The number of hydrogen-bond donors (Lipinski definition) is 1. The highest BCUT2D eigenvalue weighted by Gasteiger charge is 2.21. The first-order chi connectivity index (χ1) is 11.6. The molecule has 0 bridgehead atoms. The monoisotopic (exact) mass is 359 g/mol. The molecule has 0 aromatic heterocycles. The fourth-order valence-electron chi connectivity index (χ4n) is 2.32. The molecule has 1 atom stereocenters. The molecule has 0 aliphatic rings. The number of carbonyl (C=O) groups excluding carboxylic acids is 2. The highest BCUT2D eigenvalue weighted by Crippen LogP contribution is 2.23. The molecule has 0 aliphatic heterocycles. The minimum Gasteiger partial charge on any atom is -0.451 e. The SMILES string of the molecule is C[C@H](OC(=O)c1ccc(Cl)c(N)c1)C(=O)c1ccc(C(C)(C)C)cc1. The fraction of sp³-hybridized carbons (Fsp3) is 0.300. The summed E-state index contributed by atoms with van der Waals surface area (Å²) >= 11 is 5.84. The van der Waals surface area contributed by atoms with Crippen LogP contribution in [-0.4, -0.2) is 17.9 Å². The van der Waals surface area contributed by atoms with Crippen LogP contribution in [0.15, 0.2) is 42.5 Å². The largest absolute Gasteiger partial charge is 0.451 e. The molecule has 2 aromatic rings. The van der Waals surface area contributed by atoms with E-state index in [1.54, 1.807) is 19.1 Å². The second-order valence-corrected chi connectivity index (χ2v) is 7.38. The minimum atomic E-state index is -0.898. The molecule has 132 valence electrons. The van der Waals surface area contributed by atoms with E-state index in [9.17, 15) is 9.59 Å². The molecule has 0 saturated heterocycles. The number of ether oxygens (including phenoxy) is 1. The Hall–Kier alpha value is -2.33. The topological polar surface area (TPSA) is 69.4 Å². The van der Waals surface area contributed by atoms with Crippen molar-refractivity contribution in [3.63, 3.8) is 0 Å². The zero-order chi connectivity index (χ0) is 18.8. The number of ketones is 1. The van der Waals surface area contributed by atoms with Gasteiger partial charge in [0.25, 0.3) is 0 Å². The number of halogens is 1. The Kier molecular flexibility index (Phi) is 5.53. The number of rotatable bonds is 4. The van der Waals surface area contributed by atoms with Crippen molar-refractivity contribution in [2.24, 2.45) is 0 Å². The van der Waals surface area contributed by atoms with Crippen molar-refractivity contribution in [3.8, 4) is 0 Å². The summed E-state index contributed by atoms with van der Waals surface area (Å²) in [5.74, 6) is -0.869. The van der Waals surface area contributed by atoms with Gasteiger partial charge in [-0.1, -0.05) is 56.6 Å². The number of Topliss-reactive ketones (excluding diaryl/α,β-unsaturated/α-hetero) is 1. The van der Waals surface area contributed by atoms with Crippen LogP contribution >= 0.6 is 11.6 Å². The number of carbonyl (C=O) groups is 2. The molecule has 0 aliphatic carbocycles. The number of nitrogens with two attached hydrogens (primary N) is 1. The number of nitrogen functional groups attached to an aromatic ring is 1. The van der Waals surface area contributed by atoms with Crippen LogP contribution in [0.4, 0.5) is 5.69 Å². The lowest BCUT2D eigenvalue weighted by Gasteiger charge is -2.19. The standard InChI is InChI=1S/C20H22ClNO3/c1-12(25-19(24)14-7-10-16(21)17(22)11-14)18(23)13-5-8-15(9-6-13)20(2,3)4/h5-12H,22H2,1-4H3/t12-/m0/s1. The van der Waals surface area contributed by atoms with Gasteiger partial charge >= 0.3 is 5.97 Å². The average Bonchev–Trinajstić information content (AvgIpc) is 2.55. The number of anilines is 1. The van der Waals surface area contributed by atoms with E-state index in [4.69, 9.17) is 22.1 Å². The van der Waals surface area contributed by atoms with Crippen molar-refractivity contribution in [3.05, 3.63) is 64.2 Å². The molecule has 2 N–H and O–H groups in total. The highest BCUT2D eigenvalue weighted by atomic mass is 35.5. The van der Waals surface area contributed by atoms with E-state index in [1.807, 2.05) is 12.1 Å². The van der Waals surface area contributed by atoms with Gasteiger partial charge in [0.05, 0.1) is 16.3 Å². The van der Waals surface area contributed by atoms with Gasteiger partial charge in [-0.25, -0.2) is 4.79 Å². The third kappa shape index (κ3) is 4.60. The quantitative estimate of drug-likeness (QED) is 0.490. The Bertz CT molecular complexity index is 792. The zero-order valence-electron chi connectivity index (χ0n) is 14.8. The first-order valence-electron chi connectivity index (χ1n) is 8.00. The Balaban J connectivity index is 2.09. The van der Waals surface area contributed by atoms with E-state index in [1.165, 1.54) is 18.2 Å². The lowest BCUT2D eigenvalue weighted by molar-refractivity contribution is 0.0319. The van der Waals surface area contributed by atoms with Crippen LogP contribution in [0, 0.1) is 0 Å². The molecule has 2 rings (SSSR count). The Labute approximate surface area is 152 Å². The molecule has 2 aromatic carbocycles. The van der Waals surface area contributed by atoms with E-state index >= 15 is 0 Å². The predicted octanol–water partition coefficient (Wildman–Crippen LogP) is 4.65. The summed E-state index contributed by atoms with van der Waals surface area (Å²) in [5.41, 5.74) is 7.86. The van der Waals surface area contributed by atoms with Crippen molar-refractivity contribution in [2.75, 3.05) is 5.73 Å². The Morgan fingerprint density at radius 1 is 1.04 bits per heavy atom. The summed E-state index contributed by atoms with van der Waals surface area (Å²) in [7, 11) is 0. The summed E-state index contributed by atoms with van der Waals surface area (Å²) in [5, 5.41) is 0.361. The summed E-state index contributed by atoms with van der Waals surface area (Å²) in [4.78, 5) is 24.6. The normalized spacial score (nSPS) is 12.5. The maximum atomic E-state index is 12.5. The van der Waals surface area contributed by atoms with Crippen molar-refractivity contribution < 1.29 is 14.3 Å². The van der Waals surface area contributed by atoms with Gasteiger partial charge in [-0.15, -0.1) is 0 Å². The van der Waals surface area contributed by atoms with E-state index in [0.29, 0.717) is 10.6 Å². The van der Waals surface area contributed by atoms with Gasteiger partial charge in [0.2, 0.25) is 5.78 Å². The van der Waals surface area contributed by atoms with E-state index in [2.05, 4.69) is 20.8 Å². The molecule has 0 saturated carbocycles. The zero-order valence-corrected chi connectivity index (χ0v) is 15.6. The summed E-state index contributed by atoms with van der Waals surface area (Å²) in [6.45, 7) is 7.86. The number of hydrogen-bond acceptors (Lipinski definition) is 4. The molecule has 25 heavy (non-hydrogen) atoms. The van der Waals surface area contributed by atoms with E-state index in [-0.39, 0.29) is 22.4 Å². The van der Waals surface area contributed by atoms with Gasteiger partial charge in [-0.05, 0) is 36.1 Å². The smallest absolute Gasteiger partial charge is 0.338 e. The van der Waals surface area contributed by atoms with Crippen LogP contribution < -0.4 is 5.73 Å². The van der Waals surface area contributed by atoms with Gasteiger partial charge in [-0.3, -0.25) is 4.79 Å². The summed E-state index contributed by atoms with van der Waals surface area (Å²) < 4.78 is 5.26. The van der Waals surface area contributed by atoms with Crippen LogP contribution in [0.25, 0.3) is 0 Å². The van der Waals surface area contributed by atoms with Crippen molar-refractivity contribution >= 4 is 29.0 Å². The fourth-order valence-corrected chi connectivity index (χ4v) is 2.44. The number of esters is 1. The molecule has 0 amide bonds. The second-order valence-electron chi connectivity index (χ2n) is 6.98. The van der Waals surface area contributed by atoms with Crippen molar-refractivity contribution in [1.82, 2.24) is 0 Å². The first-order valence-corrected chi connectivity index (χ1v) is 8.38. The third-order valence-corrected chi connectivity index (χ3v) is 4.26. The minimum absolute atomic E-state index is 0.00811. The molecule has 0 radical (unpaired) electrons. The Morgan fingerprint density at radius 3 is 2.12 bits per heavy atom. The lowest BCUT2D eigenvalue weighted by Crippen LogP contribution is -2.24. The third-order valence-electron chi connectivity index (χ3n) is 3.92. The molecular weight excluding hydrogens is 338 g/mol. The molecular formula is C20H22ClNO3. The van der Waals surface area contributed by atoms with Crippen molar-refractivity contribution in [1.29, 1.82) is 0 Å². The van der Waals surface area contributed by atoms with Gasteiger partial charge < -0.3 is 10.5 Å². The maximum Gasteiger partial charge on any atom is 0.338 e. The molecule has 0 heterocycles. The van der Waals surface area contributed by atoms with Crippen LogP contribution in [0.1, 0.15) is 54.0 Å². The van der Waals surface area contributed by atoms with Crippen LogP contribution in [-0.2, 0) is 10.2 Å². The molecule has 0 spiro atoms. The van der Waals surface area contributed by atoms with Gasteiger partial charge in [0.15, 0.2) is 6.10 Å². The molecule has 0 unspecified atom stereocenters. The van der Waals surface area contributed by atoms with E-state index in [0.717, 1.165) is 5.56 Å².